The van der Waals surface area contributed by atoms with Gasteiger partial charge < -0.3 is 5.73 Å². The van der Waals surface area contributed by atoms with Crippen molar-refractivity contribution in [3.8, 4) is 0 Å². The Kier molecular flexibility index (Phi) is 1.54. The number of carbonyl (C=O) groups excluding carboxylic acids is 1. The van der Waals surface area contributed by atoms with E-state index in [1.54, 1.807) is 11.6 Å². The maximum Gasteiger partial charge on any atom is 0.278 e. The Morgan fingerprint density at radius 2 is 2.42 bits per heavy atom. The summed E-state index contributed by atoms with van der Waals surface area (Å²) in [6, 6.07) is 0. The molecule has 5 nitrogen and oxygen atoms in total. The van der Waals surface area contributed by atoms with Crippen LogP contribution in [0.3, 0.4) is 0 Å². The van der Waals surface area contributed by atoms with Crippen LogP contribution in [0.25, 0.3) is 5.41 Å². The van der Waals surface area contributed by atoms with E-state index in [1.807, 2.05) is 0 Å². The van der Waals surface area contributed by atoms with Crippen molar-refractivity contribution in [1.29, 1.82) is 0 Å². The molecule has 1 aliphatic rings. The van der Waals surface area contributed by atoms with Gasteiger partial charge in [0.15, 0.2) is 0 Å². The molecule has 1 amide bonds. The summed E-state index contributed by atoms with van der Waals surface area (Å²) in [5.74, 6) is 0. The highest BCUT2D eigenvalue weighted by Crippen LogP contribution is 2.28. The number of nitrogens with zero attached hydrogens (tertiary/aromatic N) is 3. The van der Waals surface area contributed by atoms with Crippen molar-refractivity contribution in [1.82, 2.24) is 9.97 Å². The van der Waals surface area contributed by atoms with Gasteiger partial charge in [0.1, 0.15) is 11.7 Å². The van der Waals surface area contributed by atoms with Gasteiger partial charge in [0, 0.05) is 5.41 Å². The minimum atomic E-state index is -1.19. The molecule has 6 heteroatoms. The highest BCUT2D eigenvalue weighted by Gasteiger charge is 2.09. The van der Waals surface area contributed by atoms with Gasteiger partial charge in [0.25, 0.3) is 5.24 Å². The fourth-order valence-corrected chi connectivity index (χ4v) is 1.98. The summed E-state index contributed by atoms with van der Waals surface area (Å²) in [7, 11) is 0. The normalized spacial score (nSPS) is 22.2. The third-order valence-corrected chi connectivity index (χ3v) is 2.78. The SMILES string of the molecule is NC(=O)[SH]1C=c2ncncc2=N1. The Hall–Kier alpha value is -1.43. The summed E-state index contributed by atoms with van der Waals surface area (Å²) >= 11 is -1.19. The van der Waals surface area contributed by atoms with Crippen LogP contribution in [0.5, 0.6) is 0 Å². The van der Waals surface area contributed by atoms with Gasteiger partial charge in [0.2, 0.25) is 0 Å². The summed E-state index contributed by atoms with van der Waals surface area (Å²) in [6.45, 7) is 0. The lowest BCUT2D eigenvalue weighted by Crippen LogP contribution is -2.24. The zero-order valence-electron chi connectivity index (χ0n) is 6.01. The molecule has 2 heterocycles. The summed E-state index contributed by atoms with van der Waals surface area (Å²) in [6.07, 6.45) is 2.99. The van der Waals surface area contributed by atoms with E-state index in [0.717, 1.165) is 0 Å². The number of hydrogen-bond acceptors (Lipinski definition) is 4. The second-order valence-corrected chi connectivity index (χ2v) is 3.79. The first kappa shape index (κ1) is 7.23. The second kappa shape index (κ2) is 2.56. The lowest BCUT2D eigenvalue weighted by atomic mass is 10.5. The fraction of sp³-hybridized carbons (Fsp3) is 0. The van der Waals surface area contributed by atoms with Crippen molar-refractivity contribution < 1.29 is 4.79 Å². The van der Waals surface area contributed by atoms with E-state index < -0.39 is 16.3 Å². The minimum absolute atomic E-state index is 0.400. The summed E-state index contributed by atoms with van der Waals surface area (Å²) < 4.78 is 4.06. The van der Waals surface area contributed by atoms with E-state index in [-0.39, 0.29) is 0 Å². The van der Waals surface area contributed by atoms with Gasteiger partial charge >= 0.3 is 0 Å². The van der Waals surface area contributed by atoms with Gasteiger partial charge in [-0.3, -0.25) is 4.79 Å². The monoisotopic (exact) mass is 182 g/mol. The molecule has 1 aromatic heterocycles. The average Bonchev–Trinajstić information content (AvgIpc) is 2.46. The first-order chi connectivity index (χ1) is 5.77. The van der Waals surface area contributed by atoms with E-state index in [2.05, 4.69) is 14.4 Å². The predicted octanol–water partition coefficient (Wildman–Crippen LogP) is -1.16. The van der Waals surface area contributed by atoms with E-state index in [1.165, 1.54) is 6.33 Å². The molecule has 1 atom stereocenters. The maximum absolute atomic E-state index is 10.7. The minimum Gasteiger partial charge on any atom is -0.360 e. The maximum atomic E-state index is 10.7. The van der Waals surface area contributed by atoms with Crippen molar-refractivity contribution in [2.45, 2.75) is 0 Å². The summed E-state index contributed by atoms with van der Waals surface area (Å²) in [4.78, 5) is 18.5. The largest absolute Gasteiger partial charge is 0.360 e. The van der Waals surface area contributed by atoms with Crippen molar-refractivity contribution >= 4 is 21.7 Å². The van der Waals surface area contributed by atoms with Crippen LogP contribution in [0.2, 0.25) is 0 Å². The molecule has 1 unspecified atom stereocenters. The quantitative estimate of drug-likeness (QED) is 0.497. The molecule has 0 radical (unpaired) electrons. The summed E-state index contributed by atoms with van der Waals surface area (Å²) in [5.41, 5.74) is 5.09. The topological polar surface area (TPSA) is 81.2 Å². The number of aromatic nitrogens is 2. The molecular formula is C6H6N4OS. The number of amides is 1. The summed E-state index contributed by atoms with van der Waals surface area (Å²) in [5, 5.41) is 2.65. The van der Waals surface area contributed by atoms with Gasteiger partial charge in [-0.1, -0.05) is 11.1 Å². The highest BCUT2D eigenvalue weighted by molar-refractivity contribution is 8.34. The van der Waals surface area contributed by atoms with E-state index in [4.69, 9.17) is 5.73 Å². The van der Waals surface area contributed by atoms with Gasteiger partial charge in [-0.05, 0) is 0 Å². The molecule has 2 rings (SSSR count). The number of hydrogen-bond donors (Lipinski definition) is 2. The van der Waals surface area contributed by atoms with Crippen molar-refractivity contribution in [3.63, 3.8) is 0 Å². The highest BCUT2D eigenvalue weighted by atomic mass is 32.2. The number of nitrogens with two attached hydrogens (primary N) is 1. The Bertz CT molecular complexity index is 408. The molecule has 1 aromatic rings. The Morgan fingerprint density at radius 1 is 1.58 bits per heavy atom. The fourth-order valence-electron chi connectivity index (χ4n) is 0.882. The van der Waals surface area contributed by atoms with Crippen LogP contribution in [-0.4, -0.2) is 15.2 Å². The molecule has 2 N–H and O–H groups in total. The smallest absolute Gasteiger partial charge is 0.278 e. The molecule has 1 aliphatic heterocycles. The zero-order chi connectivity index (χ0) is 8.55. The number of rotatable bonds is 0. The Morgan fingerprint density at radius 3 is 3.08 bits per heavy atom. The van der Waals surface area contributed by atoms with Crippen molar-refractivity contribution in [2.24, 2.45) is 10.1 Å². The Labute approximate surface area is 70.5 Å². The molecule has 0 aliphatic carbocycles. The van der Waals surface area contributed by atoms with Crippen molar-refractivity contribution in [2.75, 3.05) is 0 Å². The van der Waals surface area contributed by atoms with E-state index in [9.17, 15) is 4.79 Å². The molecule has 0 fully saturated rings. The zero-order valence-corrected chi connectivity index (χ0v) is 6.90. The van der Waals surface area contributed by atoms with Crippen LogP contribution in [-0.2, 0) is 0 Å². The molecule has 0 aromatic carbocycles. The Balaban J connectivity index is 2.60. The van der Waals surface area contributed by atoms with Crippen LogP contribution in [0.15, 0.2) is 16.9 Å². The van der Waals surface area contributed by atoms with Crippen LogP contribution in [0.1, 0.15) is 0 Å². The average molecular weight is 182 g/mol. The molecule has 62 valence electrons. The van der Waals surface area contributed by atoms with Crippen LogP contribution >= 0.6 is 11.1 Å². The molecule has 0 saturated carbocycles. The number of primary amides is 1. The number of thiol groups is 1. The third kappa shape index (κ3) is 1.06. The lowest BCUT2D eigenvalue weighted by molar-refractivity contribution is 0.267. The molecule has 0 saturated heterocycles. The third-order valence-electron chi connectivity index (χ3n) is 1.41. The van der Waals surface area contributed by atoms with E-state index >= 15 is 0 Å². The van der Waals surface area contributed by atoms with Crippen LogP contribution < -0.4 is 16.4 Å². The van der Waals surface area contributed by atoms with Crippen molar-refractivity contribution in [3.05, 3.63) is 23.2 Å². The molecule has 0 bridgehead atoms. The van der Waals surface area contributed by atoms with E-state index in [0.29, 0.717) is 10.7 Å². The first-order valence-corrected chi connectivity index (χ1v) is 4.59. The lowest BCUT2D eigenvalue weighted by Gasteiger charge is -1.99. The molecular weight excluding hydrogens is 176 g/mol. The molecule has 0 spiro atoms. The second-order valence-electron chi connectivity index (χ2n) is 2.21. The standard InChI is InChI=1S/C6H6N4OS/c7-6(11)12-2-5-4(10-12)1-8-3-9-5/h1-3,12H,(H2,7,11). The molecule has 12 heavy (non-hydrogen) atoms. The van der Waals surface area contributed by atoms with Gasteiger partial charge in [0.05, 0.1) is 11.5 Å². The number of carbonyl (C=O) groups is 1. The first-order valence-electron chi connectivity index (χ1n) is 3.22. The predicted molar refractivity (Wildman–Crippen MR) is 45.8 cm³/mol. The van der Waals surface area contributed by atoms with Gasteiger partial charge in [-0.2, -0.15) is 0 Å². The number of fused-ring (bicyclic) bond motifs is 1. The van der Waals surface area contributed by atoms with Crippen LogP contribution in [0.4, 0.5) is 4.79 Å². The van der Waals surface area contributed by atoms with Crippen LogP contribution in [0, 0.1) is 0 Å². The van der Waals surface area contributed by atoms with Gasteiger partial charge in [-0.25, -0.2) is 14.4 Å². The van der Waals surface area contributed by atoms with Gasteiger partial charge in [-0.15, -0.1) is 0 Å².